The van der Waals surface area contributed by atoms with Crippen molar-refractivity contribution >= 4 is 27.8 Å². The maximum absolute atomic E-state index is 12.4. The molecule has 0 spiro atoms. The van der Waals surface area contributed by atoms with Gasteiger partial charge in [-0.3, -0.25) is 10.1 Å². The lowest BCUT2D eigenvalue weighted by Gasteiger charge is -2.11. The predicted octanol–water partition coefficient (Wildman–Crippen LogP) is 0.691. The second-order valence-corrected chi connectivity index (χ2v) is 6.46. The number of hydrogen-bond acceptors (Lipinski definition) is 6. The average Bonchev–Trinajstić information content (AvgIpc) is 2.44. The van der Waals surface area contributed by atoms with Crippen LogP contribution in [0.4, 0.5) is 5.95 Å². The number of sulfonamides is 1. The molecular formula is C14H14N4O5S. The van der Waals surface area contributed by atoms with Crippen molar-refractivity contribution in [2.24, 2.45) is 5.14 Å². The van der Waals surface area contributed by atoms with Crippen LogP contribution < -0.4 is 10.5 Å². The third kappa shape index (κ3) is 3.73. The molecule has 0 saturated heterocycles. The maximum atomic E-state index is 12.4. The minimum Gasteiger partial charge on any atom is -0.478 e. The van der Waals surface area contributed by atoms with Crippen molar-refractivity contribution in [1.82, 2.24) is 9.97 Å². The zero-order valence-electron chi connectivity index (χ0n) is 12.8. The van der Waals surface area contributed by atoms with Gasteiger partial charge in [-0.25, -0.2) is 28.3 Å². The fourth-order valence-corrected chi connectivity index (χ4v) is 3.07. The fraction of sp³-hybridized carbons (Fsp3) is 0.143. The second-order valence-electron chi connectivity index (χ2n) is 4.96. The molecule has 1 aromatic carbocycles. The number of anilines is 1. The van der Waals surface area contributed by atoms with E-state index >= 15 is 0 Å². The Hall–Kier alpha value is -2.85. The molecule has 2 rings (SSSR count). The molecule has 0 bridgehead atoms. The number of carboxylic acids is 1. The average molecular weight is 350 g/mol. The molecule has 0 saturated carbocycles. The van der Waals surface area contributed by atoms with Crippen LogP contribution in [-0.4, -0.2) is 35.4 Å². The standard InChI is InChI=1S/C14H14N4O5S/c1-7-6-8(2)17-14(16-7)18-12(19)9-4-3-5-10(13(20)21)11(9)24(15,22)23/h3-6H,1-2H3,(H,20,21)(H2,15,22,23)(H,16,17,18,19). The van der Waals surface area contributed by atoms with Crippen molar-refractivity contribution in [3.63, 3.8) is 0 Å². The van der Waals surface area contributed by atoms with Crippen LogP contribution in [0.3, 0.4) is 0 Å². The molecule has 9 nitrogen and oxygen atoms in total. The number of hydrogen-bond donors (Lipinski definition) is 3. The van der Waals surface area contributed by atoms with E-state index < -0.39 is 37.9 Å². The first kappa shape index (κ1) is 17.5. The molecule has 0 aliphatic heterocycles. The van der Waals surface area contributed by atoms with Crippen LogP contribution in [0, 0.1) is 13.8 Å². The minimum atomic E-state index is -4.45. The normalized spacial score (nSPS) is 11.1. The van der Waals surface area contributed by atoms with Gasteiger partial charge in [0, 0.05) is 11.4 Å². The Bertz CT molecular complexity index is 920. The van der Waals surface area contributed by atoms with Gasteiger partial charge in [-0.05, 0) is 32.0 Å². The van der Waals surface area contributed by atoms with E-state index in [0.29, 0.717) is 11.4 Å². The summed E-state index contributed by atoms with van der Waals surface area (Å²) >= 11 is 0. The Morgan fingerprint density at radius 2 is 1.67 bits per heavy atom. The molecule has 0 fully saturated rings. The van der Waals surface area contributed by atoms with Crippen LogP contribution in [0.5, 0.6) is 0 Å². The Morgan fingerprint density at radius 3 is 2.17 bits per heavy atom. The Kier molecular flexibility index (Phi) is 4.62. The second kappa shape index (κ2) is 6.34. The van der Waals surface area contributed by atoms with Gasteiger partial charge in [0.15, 0.2) is 0 Å². The largest absolute Gasteiger partial charge is 0.478 e. The third-order valence-electron chi connectivity index (χ3n) is 2.98. The zero-order chi connectivity index (χ0) is 18.1. The lowest BCUT2D eigenvalue weighted by atomic mass is 10.1. The molecule has 1 amide bonds. The van der Waals surface area contributed by atoms with Crippen molar-refractivity contribution < 1.29 is 23.1 Å². The predicted molar refractivity (Wildman–Crippen MR) is 84.2 cm³/mol. The summed E-state index contributed by atoms with van der Waals surface area (Å²) < 4.78 is 23.5. The van der Waals surface area contributed by atoms with Crippen molar-refractivity contribution in [3.05, 3.63) is 46.8 Å². The molecule has 24 heavy (non-hydrogen) atoms. The van der Waals surface area contributed by atoms with E-state index in [1.54, 1.807) is 19.9 Å². The molecule has 0 unspecified atom stereocenters. The van der Waals surface area contributed by atoms with Gasteiger partial charge in [-0.2, -0.15) is 0 Å². The highest BCUT2D eigenvalue weighted by Gasteiger charge is 2.26. The molecule has 2 aromatic rings. The summed E-state index contributed by atoms with van der Waals surface area (Å²) in [7, 11) is -4.45. The van der Waals surface area contributed by atoms with Crippen LogP contribution in [-0.2, 0) is 10.0 Å². The molecule has 1 heterocycles. The van der Waals surface area contributed by atoms with Crippen molar-refractivity contribution in [2.45, 2.75) is 18.7 Å². The van der Waals surface area contributed by atoms with E-state index in [1.165, 1.54) is 6.07 Å². The number of carbonyl (C=O) groups is 2. The number of aryl methyl sites for hydroxylation is 2. The van der Waals surface area contributed by atoms with Crippen molar-refractivity contribution in [2.75, 3.05) is 5.32 Å². The van der Waals surface area contributed by atoms with Crippen molar-refractivity contribution in [1.29, 1.82) is 0 Å². The topological polar surface area (TPSA) is 152 Å². The number of nitrogens with zero attached hydrogens (tertiary/aromatic N) is 2. The molecule has 0 aliphatic rings. The number of carbonyl (C=O) groups excluding carboxylic acids is 1. The Labute approximate surface area is 137 Å². The van der Waals surface area contributed by atoms with E-state index in [-0.39, 0.29) is 5.95 Å². The molecule has 0 radical (unpaired) electrons. The molecule has 0 aliphatic carbocycles. The summed E-state index contributed by atoms with van der Waals surface area (Å²) in [6.07, 6.45) is 0. The van der Waals surface area contributed by atoms with E-state index in [0.717, 1.165) is 12.1 Å². The number of primary sulfonamides is 1. The van der Waals surface area contributed by atoms with Crippen LogP contribution >= 0.6 is 0 Å². The van der Waals surface area contributed by atoms with Gasteiger partial charge in [0.1, 0.15) is 4.90 Å². The van der Waals surface area contributed by atoms with E-state index in [1.807, 2.05) is 0 Å². The van der Waals surface area contributed by atoms with Crippen molar-refractivity contribution in [3.8, 4) is 0 Å². The lowest BCUT2D eigenvalue weighted by molar-refractivity contribution is 0.0692. The van der Waals surface area contributed by atoms with Gasteiger partial charge in [-0.1, -0.05) is 6.07 Å². The summed E-state index contributed by atoms with van der Waals surface area (Å²) in [4.78, 5) is 30.8. The van der Waals surface area contributed by atoms with Gasteiger partial charge in [0.25, 0.3) is 5.91 Å². The van der Waals surface area contributed by atoms with Gasteiger partial charge in [0.05, 0.1) is 11.1 Å². The monoisotopic (exact) mass is 350 g/mol. The molecule has 126 valence electrons. The number of carboxylic acid groups (broad SMARTS) is 1. The molecule has 1 aromatic heterocycles. The summed E-state index contributed by atoms with van der Waals surface area (Å²) in [5.74, 6) is -2.43. The van der Waals surface area contributed by atoms with Crippen LogP contribution in [0.15, 0.2) is 29.2 Å². The summed E-state index contributed by atoms with van der Waals surface area (Å²) in [6, 6.07) is 5.14. The quantitative estimate of drug-likeness (QED) is 0.733. The Morgan fingerprint density at radius 1 is 1.12 bits per heavy atom. The lowest BCUT2D eigenvalue weighted by Crippen LogP contribution is -2.24. The molecule has 0 atom stereocenters. The van der Waals surface area contributed by atoms with Crippen LogP contribution in [0.25, 0.3) is 0 Å². The van der Waals surface area contributed by atoms with Gasteiger partial charge in [-0.15, -0.1) is 0 Å². The minimum absolute atomic E-state index is 0.0291. The number of nitrogens with one attached hydrogen (secondary N) is 1. The third-order valence-corrected chi connectivity index (χ3v) is 3.99. The smallest absolute Gasteiger partial charge is 0.337 e. The number of rotatable bonds is 4. The number of amides is 1. The highest BCUT2D eigenvalue weighted by Crippen LogP contribution is 2.21. The molecule has 4 N–H and O–H groups in total. The van der Waals surface area contributed by atoms with Gasteiger partial charge < -0.3 is 5.11 Å². The number of benzene rings is 1. The maximum Gasteiger partial charge on any atom is 0.337 e. The summed E-state index contributed by atoms with van der Waals surface area (Å²) in [6.45, 7) is 3.40. The Balaban J connectivity index is 2.54. The zero-order valence-corrected chi connectivity index (χ0v) is 13.6. The number of aromatic nitrogens is 2. The van der Waals surface area contributed by atoms with E-state index in [9.17, 15) is 18.0 Å². The summed E-state index contributed by atoms with van der Waals surface area (Å²) in [5.41, 5.74) is 0.208. The molecular weight excluding hydrogens is 336 g/mol. The molecule has 10 heteroatoms. The number of nitrogens with two attached hydrogens (primary N) is 1. The first-order valence-electron chi connectivity index (χ1n) is 6.62. The van der Waals surface area contributed by atoms with Gasteiger partial charge in [0.2, 0.25) is 16.0 Å². The first-order valence-corrected chi connectivity index (χ1v) is 8.17. The number of aromatic carboxylic acids is 1. The van der Waals surface area contributed by atoms with E-state index in [2.05, 4.69) is 15.3 Å². The summed E-state index contributed by atoms with van der Waals surface area (Å²) in [5, 5.41) is 16.5. The van der Waals surface area contributed by atoms with Crippen LogP contribution in [0.2, 0.25) is 0 Å². The SMILES string of the molecule is Cc1cc(C)nc(NC(=O)c2cccc(C(=O)O)c2S(N)(=O)=O)n1. The van der Waals surface area contributed by atoms with Gasteiger partial charge >= 0.3 is 5.97 Å². The van der Waals surface area contributed by atoms with E-state index in [4.69, 9.17) is 10.2 Å². The highest BCUT2D eigenvalue weighted by molar-refractivity contribution is 7.89. The fourth-order valence-electron chi connectivity index (χ4n) is 2.14. The highest BCUT2D eigenvalue weighted by atomic mass is 32.2. The first-order chi connectivity index (χ1) is 11.1. The van der Waals surface area contributed by atoms with Crippen LogP contribution in [0.1, 0.15) is 32.1 Å².